The Balaban J connectivity index is 1.65. The maximum absolute atomic E-state index is 15.4. The molecule has 0 atom stereocenters. The minimum absolute atomic E-state index is 0.0598. The van der Waals surface area contributed by atoms with Crippen LogP contribution in [0.2, 0.25) is 0 Å². The molecular formula is C34H30F2N4O6S. The van der Waals surface area contributed by atoms with Gasteiger partial charge < -0.3 is 19.3 Å². The maximum Gasteiger partial charge on any atom is 0.255 e. The van der Waals surface area contributed by atoms with Crippen molar-refractivity contribution in [3.63, 3.8) is 0 Å². The number of halogens is 2. The average molecular weight is 661 g/mol. The molecule has 3 heterocycles. The van der Waals surface area contributed by atoms with Gasteiger partial charge in [0.2, 0.25) is 15.9 Å². The van der Waals surface area contributed by atoms with Crippen molar-refractivity contribution in [2.24, 2.45) is 0 Å². The number of benzene rings is 3. The van der Waals surface area contributed by atoms with Gasteiger partial charge in [0, 0.05) is 47.9 Å². The Bertz CT molecular complexity index is 2220. The van der Waals surface area contributed by atoms with Crippen molar-refractivity contribution in [3.05, 3.63) is 90.1 Å². The van der Waals surface area contributed by atoms with E-state index in [-0.39, 0.29) is 58.1 Å². The molecule has 0 spiro atoms. The summed E-state index contributed by atoms with van der Waals surface area (Å²) in [6.45, 7) is 2.99. The fourth-order valence-electron chi connectivity index (χ4n) is 5.33. The van der Waals surface area contributed by atoms with Crippen molar-refractivity contribution in [2.75, 3.05) is 24.2 Å². The summed E-state index contributed by atoms with van der Waals surface area (Å²) in [5.74, 6) is -1.43. The summed E-state index contributed by atoms with van der Waals surface area (Å²) in [7, 11) is -2.54. The molecule has 0 aliphatic rings. The summed E-state index contributed by atoms with van der Waals surface area (Å²) in [5, 5.41) is 13.4. The zero-order valence-corrected chi connectivity index (χ0v) is 26.7. The van der Waals surface area contributed by atoms with Gasteiger partial charge in [-0.1, -0.05) is 0 Å². The first-order valence-corrected chi connectivity index (χ1v) is 16.4. The zero-order chi connectivity index (χ0) is 33.7. The first kappa shape index (κ1) is 31.8. The number of carbonyl (C=O) groups is 1. The summed E-state index contributed by atoms with van der Waals surface area (Å²) >= 11 is 0. The van der Waals surface area contributed by atoms with Crippen molar-refractivity contribution in [2.45, 2.75) is 25.9 Å². The number of aromatic nitrogens is 2. The Kier molecular flexibility index (Phi) is 8.06. The quantitative estimate of drug-likeness (QED) is 0.178. The van der Waals surface area contributed by atoms with E-state index in [1.807, 2.05) is 0 Å². The smallest absolute Gasteiger partial charge is 0.255 e. The van der Waals surface area contributed by atoms with Crippen molar-refractivity contribution < 1.29 is 35.9 Å². The van der Waals surface area contributed by atoms with Gasteiger partial charge in [-0.25, -0.2) is 22.2 Å². The molecule has 0 bridgehead atoms. The van der Waals surface area contributed by atoms with E-state index < -0.39 is 33.2 Å². The van der Waals surface area contributed by atoms with Crippen LogP contribution in [-0.4, -0.2) is 54.8 Å². The van der Waals surface area contributed by atoms with Crippen LogP contribution in [0, 0.1) is 11.6 Å². The van der Waals surface area contributed by atoms with E-state index in [0.29, 0.717) is 22.2 Å². The molecule has 0 aliphatic carbocycles. The Hall–Kier alpha value is -5.14. The van der Waals surface area contributed by atoms with Gasteiger partial charge in [0.05, 0.1) is 23.1 Å². The number of anilines is 1. The lowest BCUT2D eigenvalue weighted by Crippen LogP contribution is -2.35. The number of hydrogen-bond acceptors (Lipinski definition) is 8. The molecular weight excluding hydrogens is 630 g/mol. The van der Waals surface area contributed by atoms with Gasteiger partial charge in [-0.3, -0.25) is 9.10 Å². The summed E-state index contributed by atoms with van der Waals surface area (Å²) in [6.07, 6.45) is 2.63. The molecule has 0 saturated carbocycles. The van der Waals surface area contributed by atoms with Crippen LogP contribution in [0.5, 0.6) is 0 Å². The van der Waals surface area contributed by atoms with E-state index in [9.17, 15) is 22.7 Å². The molecule has 10 nitrogen and oxygen atoms in total. The molecule has 0 unspecified atom stereocenters. The molecule has 3 aromatic carbocycles. The molecule has 47 heavy (non-hydrogen) atoms. The van der Waals surface area contributed by atoms with E-state index >= 15 is 4.39 Å². The van der Waals surface area contributed by atoms with Gasteiger partial charge in [0.15, 0.2) is 11.2 Å². The van der Waals surface area contributed by atoms with Crippen LogP contribution in [0.1, 0.15) is 30.6 Å². The second-order valence-electron chi connectivity index (χ2n) is 11.7. The van der Waals surface area contributed by atoms with Crippen LogP contribution in [0.3, 0.4) is 0 Å². The Morgan fingerprint density at radius 3 is 2.34 bits per heavy atom. The van der Waals surface area contributed by atoms with E-state index in [0.717, 1.165) is 10.6 Å². The predicted octanol–water partition coefficient (Wildman–Crippen LogP) is 6.53. The summed E-state index contributed by atoms with van der Waals surface area (Å²) in [5.41, 5.74) is 1.05. The van der Waals surface area contributed by atoms with E-state index in [2.05, 4.69) is 15.3 Å². The number of furan rings is 1. The van der Waals surface area contributed by atoms with E-state index in [1.165, 1.54) is 49.5 Å². The third kappa shape index (κ3) is 6.44. The summed E-state index contributed by atoms with van der Waals surface area (Å²) in [6, 6.07) is 15.8. The number of pyridine rings is 1. The van der Waals surface area contributed by atoms with Crippen LogP contribution in [0.25, 0.3) is 56.1 Å². The molecule has 0 saturated heterocycles. The number of nitrogens with one attached hydrogen (secondary N) is 1. The van der Waals surface area contributed by atoms with E-state index in [4.69, 9.17) is 8.83 Å². The van der Waals surface area contributed by atoms with Crippen molar-refractivity contribution in [1.82, 2.24) is 15.3 Å². The first-order chi connectivity index (χ1) is 22.2. The Labute approximate surface area is 268 Å². The number of rotatable bonds is 9. The Morgan fingerprint density at radius 2 is 1.68 bits per heavy atom. The van der Waals surface area contributed by atoms with Crippen LogP contribution in [-0.2, 0) is 10.0 Å². The van der Waals surface area contributed by atoms with Gasteiger partial charge in [-0.15, -0.1) is 0 Å². The molecule has 6 rings (SSSR count). The monoisotopic (exact) mass is 660 g/mol. The largest absolute Gasteiger partial charge is 0.455 e. The molecule has 2 N–H and O–H groups in total. The lowest BCUT2D eigenvalue weighted by Gasteiger charge is -2.28. The lowest BCUT2D eigenvalue weighted by atomic mass is 9.96. The topological polar surface area (TPSA) is 139 Å². The van der Waals surface area contributed by atoms with E-state index in [1.54, 1.807) is 44.3 Å². The molecule has 1 amide bonds. The number of amides is 1. The maximum atomic E-state index is 15.4. The van der Waals surface area contributed by atoms with Crippen LogP contribution in [0.15, 0.2) is 81.8 Å². The lowest BCUT2D eigenvalue weighted by molar-refractivity contribution is 0.0740. The fraction of sp³-hybridized carbons (Fsp3) is 0.206. The molecule has 3 aromatic heterocycles. The molecule has 0 aliphatic heterocycles. The second kappa shape index (κ2) is 11.9. The third-order valence-corrected chi connectivity index (χ3v) is 8.76. The first-order valence-electron chi connectivity index (χ1n) is 14.5. The van der Waals surface area contributed by atoms with Gasteiger partial charge in [0.1, 0.15) is 23.0 Å². The van der Waals surface area contributed by atoms with Gasteiger partial charge in [-0.05, 0) is 86.5 Å². The summed E-state index contributed by atoms with van der Waals surface area (Å²) in [4.78, 5) is 21.9. The van der Waals surface area contributed by atoms with Crippen molar-refractivity contribution >= 4 is 43.8 Å². The number of hydrogen-bond donors (Lipinski definition) is 2. The SMILES string of the molecule is CNC(=O)c1c(-c2ccc(F)cc2)oc2cc(N(CCC(C)(C)O)S(C)(=O)=O)c(-c3cc(F)cc(-c4nc5ncccc5o4)c3)cc12. The number of nitrogens with zero attached hydrogens (tertiary/aromatic N) is 3. The normalized spacial score (nSPS) is 12.1. The average Bonchev–Trinajstić information content (AvgIpc) is 3.61. The van der Waals surface area contributed by atoms with Crippen LogP contribution < -0.4 is 9.62 Å². The highest BCUT2D eigenvalue weighted by atomic mass is 32.2. The highest BCUT2D eigenvalue weighted by Gasteiger charge is 2.29. The molecule has 0 fully saturated rings. The fourth-order valence-corrected chi connectivity index (χ4v) is 6.26. The summed E-state index contributed by atoms with van der Waals surface area (Å²) < 4.78 is 68.9. The number of fused-ring (bicyclic) bond motifs is 2. The molecule has 6 aromatic rings. The third-order valence-electron chi connectivity index (χ3n) is 7.58. The number of oxazole rings is 1. The number of aliphatic hydroxyl groups is 1. The molecule has 242 valence electrons. The van der Waals surface area contributed by atoms with Crippen molar-refractivity contribution in [3.8, 4) is 33.9 Å². The number of carbonyl (C=O) groups excluding carboxylic acids is 1. The van der Waals surface area contributed by atoms with Crippen molar-refractivity contribution in [1.29, 1.82) is 0 Å². The highest BCUT2D eigenvalue weighted by Crippen LogP contribution is 2.43. The zero-order valence-electron chi connectivity index (χ0n) is 25.8. The van der Waals surface area contributed by atoms with Gasteiger partial charge >= 0.3 is 0 Å². The standard InChI is InChI=1S/C34H30F2N4O6S/c1-34(2,42)11-13-40(47(4,43)44)26-18-28-25(29(32(41)37-3)30(45-28)19-7-9-22(35)10-8-19)17-24(26)20-14-21(16-23(36)15-20)33-39-31-27(46-33)6-5-12-38-31/h5-10,12,14-18,42H,11,13H2,1-4H3,(H,37,41). The Morgan fingerprint density at radius 1 is 0.957 bits per heavy atom. The minimum Gasteiger partial charge on any atom is -0.455 e. The van der Waals surface area contributed by atoms with Crippen LogP contribution >= 0.6 is 0 Å². The minimum atomic E-state index is -3.98. The van der Waals surface area contributed by atoms with Crippen LogP contribution in [0.4, 0.5) is 14.5 Å². The predicted molar refractivity (Wildman–Crippen MR) is 174 cm³/mol. The molecule has 13 heteroatoms. The second-order valence-corrected chi connectivity index (χ2v) is 13.6. The highest BCUT2D eigenvalue weighted by molar-refractivity contribution is 7.92. The number of sulfonamides is 1. The van der Waals surface area contributed by atoms with Gasteiger partial charge in [-0.2, -0.15) is 4.98 Å². The van der Waals surface area contributed by atoms with Gasteiger partial charge in [0.25, 0.3) is 5.91 Å². The molecule has 0 radical (unpaired) electrons.